The van der Waals surface area contributed by atoms with Crippen molar-refractivity contribution in [2.45, 2.75) is 19.8 Å². The van der Waals surface area contributed by atoms with Crippen molar-refractivity contribution in [2.75, 3.05) is 37.6 Å². The van der Waals surface area contributed by atoms with Crippen molar-refractivity contribution in [2.24, 2.45) is 5.92 Å². The molecule has 5 nitrogen and oxygen atoms in total. The van der Waals surface area contributed by atoms with E-state index in [4.69, 9.17) is 0 Å². The minimum atomic E-state index is -0.327. The van der Waals surface area contributed by atoms with Crippen LogP contribution in [-0.2, 0) is 4.79 Å². The van der Waals surface area contributed by atoms with Gasteiger partial charge in [0.15, 0.2) is 0 Å². The number of carbonyl (C=O) groups excluding carboxylic acids is 2. The number of hydrogen-bond donors (Lipinski definition) is 0. The standard InChI is InChI=1S/C17H22FN3O2/c1-13-3-2-8-19(11-13)16(22)12-20-9-10-21(17(20)23)15-6-4-14(18)5-7-15/h4-7,13H,2-3,8-12H2,1H3. The lowest BCUT2D eigenvalue weighted by atomic mass is 10.0. The van der Waals surface area contributed by atoms with Gasteiger partial charge in [-0.3, -0.25) is 9.69 Å². The Hall–Kier alpha value is -2.11. The number of halogens is 1. The third kappa shape index (κ3) is 3.46. The summed E-state index contributed by atoms with van der Waals surface area (Å²) in [6, 6.07) is 5.67. The number of urea groups is 1. The molecule has 2 heterocycles. The Morgan fingerprint density at radius 1 is 1.22 bits per heavy atom. The molecule has 0 radical (unpaired) electrons. The van der Waals surface area contributed by atoms with Gasteiger partial charge < -0.3 is 9.80 Å². The highest BCUT2D eigenvalue weighted by molar-refractivity contribution is 5.96. The van der Waals surface area contributed by atoms with Gasteiger partial charge in [-0.15, -0.1) is 0 Å². The quantitative estimate of drug-likeness (QED) is 0.858. The molecule has 0 bridgehead atoms. The van der Waals surface area contributed by atoms with Crippen LogP contribution in [0, 0.1) is 11.7 Å². The highest BCUT2D eigenvalue weighted by atomic mass is 19.1. The lowest BCUT2D eigenvalue weighted by molar-refractivity contribution is -0.133. The fourth-order valence-electron chi connectivity index (χ4n) is 3.27. The molecule has 0 spiro atoms. The van der Waals surface area contributed by atoms with Gasteiger partial charge in [-0.05, 0) is 43.0 Å². The Labute approximate surface area is 135 Å². The van der Waals surface area contributed by atoms with Crippen LogP contribution in [0.2, 0.25) is 0 Å². The summed E-state index contributed by atoms with van der Waals surface area (Å²) in [6.45, 7) is 4.88. The van der Waals surface area contributed by atoms with Gasteiger partial charge in [-0.1, -0.05) is 6.92 Å². The van der Waals surface area contributed by atoms with Crippen LogP contribution in [0.5, 0.6) is 0 Å². The summed E-state index contributed by atoms with van der Waals surface area (Å²) in [4.78, 5) is 29.9. The molecule has 0 aromatic heterocycles. The summed E-state index contributed by atoms with van der Waals surface area (Å²) < 4.78 is 13.0. The van der Waals surface area contributed by atoms with E-state index >= 15 is 0 Å². The average molecular weight is 319 g/mol. The molecule has 124 valence electrons. The van der Waals surface area contributed by atoms with Crippen molar-refractivity contribution in [3.8, 4) is 0 Å². The van der Waals surface area contributed by atoms with Gasteiger partial charge in [-0.2, -0.15) is 0 Å². The zero-order valence-corrected chi connectivity index (χ0v) is 13.4. The Morgan fingerprint density at radius 3 is 2.65 bits per heavy atom. The Balaban J connectivity index is 1.60. The number of anilines is 1. The molecule has 2 saturated heterocycles. The van der Waals surface area contributed by atoms with Crippen LogP contribution in [0.15, 0.2) is 24.3 Å². The Morgan fingerprint density at radius 2 is 1.96 bits per heavy atom. The molecule has 0 N–H and O–H groups in total. The van der Waals surface area contributed by atoms with Crippen LogP contribution >= 0.6 is 0 Å². The second-order valence-electron chi connectivity index (χ2n) is 6.42. The third-order valence-corrected chi connectivity index (χ3v) is 4.57. The number of likely N-dealkylation sites (tertiary alicyclic amines) is 1. The zero-order valence-electron chi connectivity index (χ0n) is 13.4. The van der Waals surface area contributed by atoms with E-state index in [1.54, 1.807) is 21.9 Å². The average Bonchev–Trinajstić information content (AvgIpc) is 2.89. The molecule has 3 amide bonds. The van der Waals surface area contributed by atoms with Gasteiger partial charge in [0.25, 0.3) is 0 Å². The maximum absolute atomic E-state index is 13.0. The van der Waals surface area contributed by atoms with Gasteiger partial charge in [0.1, 0.15) is 12.4 Å². The van der Waals surface area contributed by atoms with Gasteiger partial charge in [-0.25, -0.2) is 9.18 Å². The lowest BCUT2D eigenvalue weighted by Crippen LogP contribution is -2.45. The zero-order chi connectivity index (χ0) is 16.4. The third-order valence-electron chi connectivity index (χ3n) is 4.57. The number of rotatable bonds is 3. The summed E-state index contributed by atoms with van der Waals surface area (Å²) in [5, 5.41) is 0. The van der Waals surface area contributed by atoms with Gasteiger partial charge in [0.05, 0.1) is 0 Å². The van der Waals surface area contributed by atoms with Crippen molar-refractivity contribution in [1.82, 2.24) is 9.80 Å². The van der Waals surface area contributed by atoms with Crippen molar-refractivity contribution < 1.29 is 14.0 Å². The first kappa shape index (κ1) is 15.8. The Bertz CT molecular complexity index is 590. The van der Waals surface area contributed by atoms with Crippen LogP contribution in [0.25, 0.3) is 0 Å². The number of amides is 3. The molecule has 23 heavy (non-hydrogen) atoms. The lowest BCUT2D eigenvalue weighted by Gasteiger charge is -2.32. The molecule has 1 unspecified atom stereocenters. The smallest absolute Gasteiger partial charge is 0.325 e. The maximum atomic E-state index is 13.0. The molecule has 0 saturated carbocycles. The minimum absolute atomic E-state index is 0.0193. The molecule has 6 heteroatoms. The number of benzene rings is 1. The monoisotopic (exact) mass is 319 g/mol. The van der Waals surface area contributed by atoms with E-state index in [9.17, 15) is 14.0 Å². The van der Waals surface area contributed by atoms with E-state index in [1.807, 2.05) is 4.90 Å². The molecular formula is C17H22FN3O2. The van der Waals surface area contributed by atoms with Crippen molar-refractivity contribution in [3.05, 3.63) is 30.1 Å². The van der Waals surface area contributed by atoms with Crippen molar-refractivity contribution in [3.63, 3.8) is 0 Å². The SMILES string of the molecule is CC1CCCN(C(=O)CN2CCN(c3ccc(F)cc3)C2=O)C1. The van der Waals surface area contributed by atoms with Crippen LogP contribution in [0.1, 0.15) is 19.8 Å². The summed E-state index contributed by atoms with van der Waals surface area (Å²) in [5.41, 5.74) is 0.665. The number of piperidine rings is 1. The maximum Gasteiger partial charge on any atom is 0.325 e. The first-order valence-electron chi connectivity index (χ1n) is 8.14. The summed E-state index contributed by atoms with van der Waals surface area (Å²) in [7, 11) is 0. The highest BCUT2D eigenvalue weighted by Gasteiger charge is 2.32. The van der Waals surface area contributed by atoms with E-state index in [0.717, 1.165) is 25.9 Å². The molecule has 0 aliphatic carbocycles. The van der Waals surface area contributed by atoms with Gasteiger partial charge in [0.2, 0.25) is 5.91 Å². The summed E-state index contributed by atoms with van der Waals surface area (Å²) >= 11 is 0. The van der Waals surface area contributed by atoms with Crippen LogP contribution in [-0.4, -0.2) is 54.5 Å². The number of nitrogens with zero attached hydrogens (tertiary/aromatic N) is 3. The minimum Gasteiger partial charge on any atom is -0.341 e. The Kier molecular flexibility index (Phi) is 4.50. The second-order valence-corrected chi connectivity index (χ2v) is 6.42. The molecule has 1 aromatic carbocycles. The van der Waals surface area contributed by atoms with E-state index in [2.05, 4.69) is 6.92 Å². The molecular weight excluding hydrogens is 297 g/mol. The van der Waals surface area contributed by atoms with E-state index in [1.165, 1.54) is 12.1 Å². The predicted molar refractivity (Wildman–Crippen MR) is 85.7 cm³/mol. The molecule has 1 aromatic rings. The van der Waals surface area contributed by atoms with Gasteiger partial charge in [0, 0.05) is 31.9 Å². The summed E-state index contributed by atoms with van der Waals surface area (Å²) in [6.07, 6.45) is 2.19. The van der Waals surface area contributed by atoms with E-state index in [0.29, 0.717) is 24.7 Å². The molecule has 3 rings (SSSR count). The number of carbonyl (C=O) groups is 2. The van der Waals surface area contributed by atoms with Crippen molar-refractivity contribution in [1.29, 1.82) is 0 Å². The fraction of sp³-hybridized carbons (Fsp3) is 0.529. The van der Waals surface area contributed by atoms with E-state index < -0.39 is 0 Å². The fourth-order valence-corrected chi connectivity index (χ4v) is 3.27. The predicted octanol–water partition coefficient (Wildman–Crippen LogP) is 2.33. The number of hydrogen-bond acceptors (Lipinski definition) is 2. The normalized spacial score (nSPS) is 21.9. The van der Waals surface area contributed by atoms with Crippen molar-refractivity contribution >= 4 is 17.6 Å². The van der Waals surface area contributed by atoms with E-state index in [-0.39, 0.29) is 24.3 Å². The molecule has 2 aliphatic rings. The second kappa shape index (κ2) is 6.56. The van der Waals surface area contributed by atoms with Crippen LogP contribution < -0.4 is 4.90 Å². The van der Waals surface area contributed by atoms with Crippen LogP contribution in [0.3, 0.4) is 0 Å². The molecule has 2 aliphatic heterocycles. The highest BCUT2D eigenvalue weighted by Crippen LogP contribution is 2.21. The first-order valence-corrected chi connectivity index (χ1v) is 8.14. The topological polar surface area (TPSA) is 43.9 Å². The first-order chi connectivity index (χ1) is 11.0. The summed E-state index contributed by atoms with van der Waals surface area (Å²) in [5.74, 6) is 0.218. The van der Waals surface area contributed by atoms with Crippen LogP contribution in [0.4, 0.5) is 14.9 Å². The molecule has 2 fully saturated rings. The largest absolute Gasteiger partial charge is 0.341 e. The van der Waals surface area contributed by atoms with Gasteiger partial charge >= 0.3 is 6.03 Å². The molecule has 1 atom stereocenters.